The number of allylic oxidation sites excluding steroid dienone is 1. The second kappa shape index (κ2) is 6.93. The molecule has 4 rings (SSSR count). The number of rotatable bonds is 3. The van der Waals surface area contributed by atoms with Gasteiger partial charge in [0.25, 0.3) is 0 Å². The molecule has 1 aliphatic rings. The van der Waals surface area contributed by atoms with E-state index in [1.807, 2.05) is 6.92 Å². The first-order chi connectivity index (χ1) is 13.8. The Morgan fingerprint density at radius 2 is 1.59 bits per heavy atom. The van der Waals surface area contributed by atoms with Crippen molar-refractivity contribution < 1.29 is 22.0 Å². The van der Waals surface area contributed by atoms with Crippen LogP contribution in [0.4, 0.5) is 20.2 Å². The van der Waals surface area contributed by atoms with Crippen LogP contribution in [0.15, 0.2) is 82.7 Å². The van der Waals surface area contributed by atoms with Gasteiger partial charge in [-0.15, -0.1) is 0 Å². The van der Waals surface area contributed by atoms with E-state index >= 15 is 0 Å². The summed E-state index contributed by atoms with van der Waals surface area (Å²) in [5.41, 5.74) is 1.40. The Hall–Kier alpha value is -3.32. The molecule has 0 amide bonds. The van der Waals surface area contributed by atoms with E-state index in [2.05, 4.69) is 0 Å². The molecule has 0 aromatic heterocycles. The molecule has 4 nitrogen and oxygen atoms in total. The molecule has 0 saturated carbocycles. The summed E-state index contributed by atoms with van der Waals surface area (Å²) in [4.78, 5) is 13.6. The van der Waals surface area contributed by atoms with Crippen LogP contribution < -0.4 is 4.90 Å². The van der Waals surface area contributed by atoms with Crippen LogP contribution in [-0.2, 0) is 9.84 Å². The van der Waals surface area contributed by atoms with Crippen LogP contribution in [-0.4, -0.2) is 14.2 Å². The van der Waals surface area contributed by atoms with Crippen molar-refractivity contribution in [1.82, 2.24) is 0 Å². The summed E-state index contributed by atoms with van der Waals surface area (Å²) in [5.74, 6) is -1.89. The molecule has 0 unspecified atom stereocenters. The molecule has 0 aliphatic carbocycles. The summed E-state index contributed by atoms with van der Waals surface area (Å²) >= 11 is 0. The van der Waals surface area contributed by atoms with E-state index in [0.717, 1.165) is 30.0 Å². The van der Waals surface area contributed by atoms with Crippen molar-refractivity contribution in [2.24, 2.45) is 0 Å². The molecule has 0 radical (unpaired) electrons. The third-order valence-corrected chi connectivity index (χ3v) is 6.42. The fourth-order valence-electron chi connectivity index (χ4n) is 3.15. The van der Waals surface area contributed by atoms with Gasteiger partial charge < -0.3 is 4.90 Å². The van der Waals surface area contributed by atoms with Crippen LogP contribution >= 0.6 is 0 Å². The van der Waals surface area contributed by atoms with Crippen molar-refractivity contribution >= 4 is 27.0 Å². The fraction of sp³-hybridized carbons (Fsp3) is 0.0455. The van der Waals surface area contributed by atoms with Crippen LogP contribution in [0.2, 0.25) is 0 Å². The molecule has 0 atom stereocenters. The molecule has 7 heteroatoms. The Morgan fingerprint density at radius 1 is 0.897 bits per heavy atom. The molecule has 1 aliphatic heterocycles. The number of carbonyl (C=O) groups excluding carboxylic acids is 1. The number of nitrogens with zero attached hydrogens (tertiary/aromatic N) is 1. The van der Waals surface area contributed by atoms with Crippen molar-refractivity contribution in [3.05, 3.63) is 101 Å². The van der Waals surface area contributed by atoms with Gasteiger partial charge in [-0.25, -0.2) is 17.2 Å². The fourth-order valence-corrected chi connectivity index (χ4v) is 4.67. The largest absolute Gasteiger partial charge is 0.314 e. The van der Waals surface area contributed by atoms with Crippen LogP contribution in [0.5, 0.6) is 0 Å². The number of ketones is 1. The zero-order valence-corrected chi connectivity index (χ0v) is 16.1. The average molecular weight is 411 g/mol. The summed E-state index contributed by atoms with van der Waals surface area (Å²) in [6.07, 6.45) is 1.12. The minimum atomic E-state index is -4.20. The summed E-state index contributed by atoms with van der Waals surface area (Å²) in [6.45, 7) is 1.85. The predicted molar refractivity (Wildman–Crippen MR) is 106 cm³/mol. The summed E-state index contributed by atoms with van der Waals surface area (Å²) < 4.78 is 53.9. The summed E-state index contributed by atoms with van der Waals surface area (Å²) in [5, 5.41) is 0. The lowest BCUT2D eigenvalue weighted by Crippen LogP contribution is -2.26. The first-order valence-electron chi connectivity index (χ1n) is 8.70. The smallest absolute Gasteiger partial charge is 0.214 e. The maximum atomic E-state index is 13.9. The molecular formula is C22H15F2NO3S. The lowest BCUT2D eigenvalue weighted by atomic mass is 10.1. The van der Waals surface area contributed by atoms with Crippen molar-refractivity contribution in [3.8, 4) is 0 Å². The van der Waals surface area contributed by atoms with E-state index in [1.54, 1.807) is 30.3 Å². The van der Waals surface area contributed by atoms with E-state index in [1.165, 1.54) is 23.1 Å². The van der Waals surface area contributed by atoms with Gasteiger partial charge in [0, 0.05) is 17.5 Å². The highest BCUT2D eigenvalue weighted by Gasteiger charge is 2.36. The number of carbonyl (C=O) groups is 1. The Balaban J connectivity index is 1.94. The maximum absolute atomic E-state index is 13.9. The highest BCUT2D eigenvalue weighted by Crippen LogP contribution is 2.40. The zero-order valence-electron chi connectivity index (χ0n) is 15.3. The van der Waals surface area contributed by atoms with E-state index in [4.69, 9.17) is 0 Å². The van der Waals surface area contributed by atoms with Crippen molar-refractivity contribution in [1.29, 1.82) is 0 Å². The summed E-state index contributed by atoms with van der Waals surface area (Å²) in [7, 11) is -4.20. The molecule has 29 heavy (non-hydrogen) atoms. The van der Waals surface area contributed by atoms with Gasteiger partial charge in [-0.05, 0) is 43.3 Å². The molecule has 0 bridgehead atoms. The van der Waals surface area contributed by atoms with Gasteiger partial charge in [-0.3, -0.25) is 4.79 Å². The molecule has 0 spiro atoms. The van der Waals surface area contributed by atoms with Gasteiger partial charge in [0.2, 0.25) is 15.6 Å². The van der Waals surface area contributed by atoms with Gasteiger partial charge in [0.1, 0.15) is 16.5 Å². The second-order valence-electron chi connectivity index (χ2n) is 6.65. The van der Waals surface area contributed by atoms with Crippen LogP contribution in [0.1, 0.15) is 15.9 Å². The SMILES string of the molecule is Cc1ccc(C(=O)C2=CN(c3cccc(F)c3)c3cc(F)ccc3S2(=O)=O)cc1. The van der Waals surface area contributed by atoms with E-state index in [9.17, 15) is 22.0 Å². The van der Waals surface area contributed by atoms with Crippen LogP contribution in [0.25, 0.3) is 0 Å². The van der Waals surface area contributed by atoms with Crippen LogP contribution in [0, 0.1) is 18.6 Å². The third-order valence-electron chi connectivity index (χ3n) is 4.63. The Labute approximate surface area is 166 Å². The van der Waals surface area contributed by atoms with Crippen molar-refractivity contribution in [2.75, 3.05) is 4.90 Å². The van der Waals surface area contributed by atoms with Gasteiger partial charge in [0.05, 0.1) is 10.6 Å². The first kappa shape index (κ1) is 19.0. The molecule has 1 heterocycles. The minimum Gasteiger partial charge on any atom is -0.314 e. The molecular weight excluding hydrogens is 396 g/mol. The minimum absolute atomic E-state index is 0.0102. The molecule has 3 aromatic carbocycles. The highest BCUT2D eigenvalue weighted by atomic mass is 32.2. The van der Waals surface area contributed by atoms with E-state index in [-0.39, 0.29) is 21.8 Å². The average Bonchev–Trinajstić information content (AvgIpc) is 2.68. The first-order valence-corrected chi connectivity index (χ1v) is 10.2. The standard InChI is InChI=1S/C22H15F2NO3S/c1-14-5-7-15(8-6-14)22(26)21-13-25(18-4-2-3-16(23)11-18)19-12-17(24)9-10-20(19)29(21,27)28/h2-13H,1H3. The van der Waals surface area contributed by atoms with Gasteiger partial charge >= 0.3 is 0 Å². The molecule has 0 N–H and O–H groups in total. The van der Waals surface area contributed by atoms with Gasteiger partial charge in [-0.2, -0.15) is 0 Å². The van der Waals surface area contributed by atoms with Crippen molar-refractivity contribution in [3.63, 3.8) is 0 Å². The second-order valence-corrected chi connectivity index (χ2v) is 8.54. The van der Waals surface area contributed by atoms with Crippen molar-refractivity contribution in [2.45, 2.75) is 11.8 Å². The molecule has 3 aromatic rings. The predicted octanol–water partition coefficient (Wildman–Crippen LogP) is 4.92. The zero-order chi connectivity index (χ0) is 20.8. The normalized spacial score (nSPS) is 14.9. The number of sulfone groups is 1. The van der Waals surface area contributed by atoms with E-state index in [0.29, 0.717) is 0 Å². The number of hydrogen-bond donors (Lipinski definition) is 0. The number of halogens is 2. The number of anilines is 2. The Morgan fingerprint density at radius 3 is 2.28 bits per heavy atom. The Kier molecular flexibility index (Phi) is 4.55. The number of Topliss-reactive ketones (excluding diaryl/α,β-unsaturated/α-hetero) is 1. The lowest BCUT2D eigenvalue weighted by molar-refractivity contribution is 0.104. The Bertz CT molecular complexity index is 1270. The third kappa shape index (κ3) is 3.34. The number of fused-ring (bicyclic) bond motifs is 1. The van der Waals surface area contributed by atoms with Gasteiger partial charge in [-0.1, -0.05) is 35.9 Å². The number of aryl methyl sites for hydroxylation is 1. The topological polar surface area (TPSA) is 54.5 Å². The number of hydrogen-bond acceptors (Lipinski definition) is 4. The highest BCUT2D eigenvalue weighted by molar-refractivity contribution is 7.96. The van der Waals surface area contributed by atoms with E-state index < -0.39 is 32.2 Å². The maximum Gasteiger partial charge on any atom is 0.214 e. The molecule has 0 fully saturated rings. The van der Waals surface area contributed by atoms with Crippen LogP contribution in [0.3, 0.4) is 0 Å². The summed E-state index contributed by atoms with van der Waals surface area (Å²) in [6, 6.07) is 15.1. The molecule has 146 valence electrons. The van der Waals surface area contributed by atoms with Gasteiger partial charge in [0.15, 0.2) is 0 Å². The quantitative estimate of drug-likeness (QED) is 0.453. The number of benzene rings is 3. The lowest BCUT2D eigenvalue weighted by Gasteiger charge is -2.29. The monoisotopic (exact) mass is 411 g/mol. The molecule has 0 saturated heterocycles.